The molecule has 0 saturated heterocycles. The first-order valence-corrected chi connectivity index (χ1v) is 8.64. The van der Waals surface area contributed by atoms with Crippen LogP contribution in [0.15, 0.2) is 48.5 Å². The van der Waals surface area contributed by atoms with Gasteiger partial charge in [-0.1, -0.05) is 12.1 Å². The van der Waals surface area contributed by atoms with E-state index in [4.69, 9.17) is 14.2 Å². The van der Waals surface area contributed by atoms with E-state index in [9.17, 15) is 0 Å². The largest absolute Gasteiger partial charge is 0.495 e. The van der Waals surface area contributed by atoms with E-state index in [0.717, 1.165) is 28.6 Å². The third-order valence-corrected chi connectivity index (χ3v) is 4.02. The molecule has 7 heteroatoms. The first-order valence-electron chi connectivity index (χ1n) is 8.64. The van der Waals surface area contributed by atoms with Gasteiger partial charge in [0.15, 0.2) is 11.5 Å². The Labute approximate surface area is 157 Å². The normalized spacial score (nSPS) is 12.4. The molecule has 0 bridgehead atoms. The van der Waals surface area contributed by atoms with Crippen LogP contribution >= 0.6 is 0 Å². The summed E-state index contributed by atoms with van der Waals surface area (Å²) in [5.74, 6) is 4.22. The summed E-state index contributed by atoms with van der Waals surface area (Å²) in [6.45, 7) is 2.97. The number of fused-ring (bicyclic) bond motifs is 1. The molecule has 0 atom stereocenters. The smallest absolute Gasteiger partial charge is 0.163 e. The van der Waals surface area contributed by atoms with Crippen LogP contribution in [0.25, 0.3) is 0 Å². The highest BCUT2D eigenvalue weighted by atomic mass is 16.6. The molecule has 138 valence electrons. The van der Waals surface area contributed by atoms with Crippen LogP contribution in [0.4, 0.5) is 23.0 Å². The molecule has 2 aromatic carbocycles. The molecule has 0 saturated carbocycles. The Kier molecular flexibility index (Phi) is 4.65. The van der Waals surface area contributed by atoms with Gasteiger partial charge in [0, 0.05) is 17.8 Å². The molecule has 3 aromatic rings. The first-order chi connectivity index (χ1) is 13.2. The summed E-state index contributed by atoms with van der Waals surface area (Å²) in [6.07, 6.45) is 0. The number of ether oxygens (including phenoxy) is 3. The third kappa shape index (κ3) is 3.87. The van der Waals surface area contributed by atoms with Crippen molar-refractivity contribution >= 4 is 23.0 Å². The lowest BCUT2D eigenvalue weighted by Crippen LogP contribution is -2.15. The minimum atomic E-state index is 0.552. The number of rotatable bonds is 5. The fourth-order valence-corrected chi connectivity index (χ4v) is 2.85. The zero-order chi connectivity index (χ0) is 18.6. The Morgan fingerprint density at radius 1 is 0.889 bits per heavy atom. The van der Waals surface area contributed by atoms with E-state index in [-0.39, 0.29) is 0 Å². The minimum absolute atomic E-state index is 0.552. The Hall–Kier alpha value is -3.48. The molecular formula is C20H20N4O3. The second-order valence-corrected chi connectivity index (χ2v) is 5.99. The number of nitrogens with zero attached hydrogens (tertiary/aromatic N) is 2. The summed E-state index contributed by atoms with van der Waals surface area (Å²) in [5.41, 5.74) is 1.70. The molecule has 1 aliphatic rings. The molecule has 4 rings (SSSR count). The molecule has 0 fully saturated rings. The van der Waals surface area contributed by atoms with Gasteiger partial charge in [-0.3, -0.25) is 0 Å². The predicted molar refractivity (Wildman–Crippen MR) is 104 cm³/mol. The third-order valence-electron chi connectivity index (χ3n) is 4.02. The van der Waals surface area contributed by atoms with E-state index < -0.39 is 0 Å². The molecule has 0 amide bonds. The quantitative estimate of drug-likeness (QED) is 0.707. The topological polar surface area (TPSA) is 77.5 Å². The van der Waals surface area contributed by atoms with Crippen molar-refractivity contribution in [3.8, 4) is 17.2 Å². The highest BCUT2D eigenvalue weighted by molar-refractivity contribution is 5.68. The van der Waals surface area contributed by atoms with Crippen LogP contribution < -0.4 is 24.8 Å². The summed E-state index contributed by atoms with van der Waals surface area (Å²) in [4.78, 5) is 8.91. The van der Waals surface area contributed by atoms with E-state index >= 15 is 0 Å². The maximum atomic E-state index is 5.63. The molecule has 2 N–H and O–H groups in total. The first kappa shape index (κ1) is 17.0. The lowest BCUT2D eigenvalue weighted by molar-refractivity contribution is 0.171. The lowest BCUT2D eigenvalue weighted by Gasteiger charge is -2.19. The molecule has 0 aliphatic carbocycles. The van der Waals surface area contributed by atoms with Crippen LogP contribution in [0.3, 0.4) is 0 Å². The van der Waals surface area contributed by atoms with Gasteiger partial charge in [-0.15, -0.1) is 0 Å². The van der Waals surface area contributed by atoms with Gasteiger partial charge in [0.1, 0.15) is 36.4 Å². The van der Waals surface area contributed by atoms with Crippen LogP contribution in [0.2, 0.25) is 0 Å². The van der Waals surface area contributed by atoms with Crippen molar-refractivity contribution in [2.75, 3.05) is 31.0 Å². The summed E-state index contributed by atoms with van der Waals surface area (Å²) in [6, 6.07) is 15.2. The van der Waals surface area contributed by atoms with Crippen molar-refractivity contribution in [3.63, 3.8) is 0 Å². The highest BCUT2D eigenvalue weighted by Gasteiger charge is 2.12. The Morgan fingerprint density at radius 2 is 1.63 bits per heavy atom. The van der Waals surface area contributed by atoms with Crippen LogP contribution in [0.1, 0.15) is 5.82 Å². The van der Waals surface area contributed by atoms with Crippen LogP contribution in [0.5, 0.6) is 17.2 Å². The van der Waals surface area contributed by atoms with Crippen molar-refractivity contribution in [1.82, 2.24) is 9.97 Å². The molecule has 1 aromatic heterocycles. The molecule has 0 spiro atoms. The van der Waals surface area contributed by atoms with Crippen LogP contribution in [-0.2, 0) is 0 Å². The van der Waals surface area contributed by atoms with Crippen molar-refractivity contribution < 1.29 is 14.2 Å². The standard InChI is InChI=1S/C20H20N4O3/c1-13-21-19(23-14-7-8-17-18(11-14)27-10-9-26-17)12-20(22-13)24-15-5-3-4-6-16(15)25-2/h3-8,11-12H,9-10H2,1-2H3,(H2,21,22,23,24). The lowest BCUT2D eigenvalue weighted by atomic mass is 10.2. The zero-order valence-corrected chi connectivity index (χ0v) is 15.2. The van der Waals surface area contributed by atoms with E-state index in [1.165, 1.54) is 0 Å². The summed E-state index contributed by atoms with van der Waals surface area (Å²) in [7, 11) is 1.64. The number of hydrogen-bond donors (Lipinski definition) is 2. The van der Waals surface area contributed by atoms with Crippen molar-refractivity contribution in [2.24, 2.45) is 0 Å². The molecule has 1 aliphatic heterocycles. The minimum Gasteiger partial charge on any atom is -0.495 e. The average molecular weight is 364 g/mol. The summed E-state index contributed by atoms with van der Waals surface area (Å²) in [5, 5.41) is 6.57. The second kappa shape index (κ2) is 7.41. The Bertz CT molecular complexity index is 962. The molecule has 7 nitrogen and oxygen atoms in total. The summed E-state index contributed by atoms with van der Waals surface area (Å²) >= 11 is 0. The van der Waals surface area contributed by atoms with Crippen LogP contribution in [-0.4, -0.2) is 30.3 Å². The highest BCUT2D eigenvalue weighted by Crippen LogP contribution is 2.34. The SMILES string of the molecule is COc1ccccc1Nc1cc(Nc2ccc3c(c2)OCCO3)nc(C)n1. The number of para-hydroxylation sites is 2. The van der Waals surface area contributed by atoms with E-state index in [2.05, 4.69) is 20.6 Å². The molecule has 2 heterocycles. The van der Waals surface area contributed by atoms with Crippen molar-refractivity contribution in [3.05, 3.63) is 54.4 Å². The van der Waals surface area contributed by atoms with Gasteiger partial charge in [-0.2, -0.15) is 0 Å². The van der Waals surface area contributed by atoms with Gasteiger partial charge in [0.05, 0.1) is 12.8 Å². The number of nitrogens with one attached hydrogen (secondary N) is 2. The van der Waals surface area contributed by atoms with Crippen molar-refractivity contribution in [2.45, 2.75) is 6.92 Å². The fourth-order valence-electron chi connectivity index (χ4n) is 2.85. The van der Waals surface area contributed by atoms with Crippen LogP contribution in [0, 0.1) is 6.92 Å². The number of anilines is 4. The van der Waals surface area contributed by atoms with Gasteiger partial charge >= 0.3 is 0 Å². The molecular weight excluding hydrogens is 344 g/mol. The van der Waals surface area contributed by atoms with Gasteiger partial charge in [-0.05, 0) is 31.2 Å². The van der Waals surface area contributed by atoms with E-state index in [0.29, 0.717) is 30.7 Å². The molecule has 0 radical (unpaired) electrons. The van der Waals surface area contributed by atoms with E-state index in [1.807, 2.05) is 55.5 Å². The zero-order valence-electron chi connectivity index (χ0n) is 15.2. The average Bonchev–Trinajstić information content (AvgIpc) is 2.68. The van der Waals surface area contributed by atoms with Gasteiger partial charge in [-0.25, -0.2) is 9.97 Å². The maximum Gasteiger partial charge on any atom is 0.163 e. The number of methoxy groups -OCH3 is 1. The number of hydrogen-bond acceptors (Lipinski definition) is 7. The van der Waals surface area contributed by atoms with Gasteiger partial charge in [0.25, 0.3) is 0 Å². The second-order valence-electron chi connectivity index (χ2n) is 5.99. The summed E-state index contributed by atoms with van der Waals surface area (Å²) < 4.78 is 16.6. The number of benzene rings is 2. The Morgan fingerprint density at radius 3 is 2.44 bits per heavy atom. The van der Waals surface area contributed by atoms with E-state index in [1.54, 1.807) is 7.11 Å². The number of aromatic nitrogens is 2. The predicted octanol–water partition coefficient (Wildman–Crippen LogP) is 4.05. The fraction of sp³-hybridized carbons (Fsp3) is 0.200. The van der Waals surface area contributed by atoms with Gasteiger partial charge in [0.2, 0.25) is 0 Å². The Balaban J connectivity index is 1.57. The van der Waals surface area contributed by atoms with Gasteiger partial charge < -0.3 is 24.8 Å². The van der Waals surface area contributed by atoms with Crippen molar-refractivity contribution in [1.29, 1.82) is 0 Å². The maximum absolute atomic E-state index is 5.63. The number of aryl methyl sites for hydroxylation is 1. The monoisotopic (exact) mass is 364 g/mol. The molecule has 0 unspecified atom stereocenters. The molecule has 27 heavy (non-hydrogen) atoms.